The van der Waals surface area contributed by atoms with Gasteiger partial charge in [0.1, 0.15) is 0 Å². The van der Waals surface area contributed by atoms with Crippen LogP contribution in [0.4, 0.5) is 0 Å². The minimum atomic E-state index is -0.867. The minimum absolute atomic E-state index is 0.0272. The maximum absolute atomic E-state index is 12.7. The molecule has 1 aromatic carbocycles. The van der Waals surface area contributed by atoms with Crippen LogP contribution in [0.2, 0.25) is 0 Å². The number of carbonyl (C=O) groups is 2. The number of amides is 1. The van der Waals surface area contributed by atoms with Gasteiger partial charge in [-0.3, -0.25) is 9.59 Å². The van der Waals surface area contributed by atoms with Gasteiger partial charge in [0.2, 0.25) is 5.91 Å². The molecule has 2 N–H and O–H groups in total. The second-order valence-electron chi connectivity index (χ2n) is 6.46. The summed E-state index contributed by atoms with van der Waals surface area (Å²) in [5.74, 6) is 0.242. The van der Waals surface area contributed by atoms with Crippen molar-refractivity contribution in [2.75, 3.05) is 13.2 Å². The first kappa shape index (κ1) is 20.8. The number of hydrogen-bond acceptors (Lipinski definition) is 4. The van der Waals surface area contributed by atoms with E-state index in [-0.39, 0.29) is 18.4 Å². The van der Waals surface area contributed by atoms with Gasteiger partial charge in [-0.2, -0.15) is 0 Å². The van der Waals surface area contributed by atoms with E-state index < -0.39 is 11.4 Å². The number of rotatable bonds is 10. The highest BCUT2D eigenvalue weighted by Gasteiger charge is 2.31. The smallest absolute Gasteiger partial charge is 0.303 e. The van der Waals surface area contributed by atoms with Crippen molar-refractivity contribution in [3.63, 3.8) is 0 Å². The minimum Gasteiger partial charge on any atom is -0.490 e. The molecule has 1 aromatic rings. The Morgan fingerprint density at radius 3 is 2.32 bits per heavy atom. The van der Waals surface area contributed by atoms with Gasteiger partial charge in [-0.05, 0) is 58.7 Å². The summed E-state index contributed by atoms with van der Waals surface area (Å²) in [5, 5.41) is 11.6. The lowest BCUT2D eigenvalue weighted by Gasteiger charge is -2.27. The maximum atomic E-state index is 12.7. The van der Waals surface area contributed by atoms with Crippen LogP contribution in [0.15, 0.2) is 18.2 Å². The van der Waals surface area contributed by atoms with Crippen molar-refractivity contribution in [3.8, 4) is 11.5 Å². The van der Waals surface area contributed by atoms with Crippen LogP contribution in [0.25, 0.3) is 0 Å². The van der Waals surface area contributed by atoms with Crippen LogP contribution in [0.3, 0.4) is 0 Å². The van der Waals surface area contributed by atoms with Crippen molar-refractivity contribution < 1.29 is 24.2 Å². The Kier molecular flexibility index (Phi) is 7.74. The summed E-state index contributed by atoms with van der Waals surface area (Å²) in [4.78, 5) is 23.3. The molecule has 0 saturated heterocycles. The molecule has 6 nitrogen and oxygen atoms in total. The molecular weight excluding hydrogens is 322 g/mol. The first-order valence-electron chi connectivity index (χ1n) is 8.65. The predicted octanol–water partition coefficient (Wildman–Crippen LogP) is 3.13. The van der Waals surface area contributed by atoms with E-state index in [2.05, 4.69) is 5.32 Å². The Morgan fingerprint density at radius 2 is 1.76 bits per heavy atom. The first-order valence-corrected chi connectivity index (χ1v) is 8.65. The van der Waals surface area contributed by atoms with Crippen LogP contribution in [0.1, 0.15) is 53.0 Å². The Morgan fingerprint density at radius 1 is 1.16 bits per heavy atom. The van der Waals surface area contributed by atoms with Crippen LogP contribution in [-0.4, -0.2) is 36.2 Å². The Balaban J connectivity index is 2.93. The topological polar surface area (TPSA) is 84.9 Å². The average Bonchev–Trinajstić information content (AvgIpc) is 2.54. The molecular formula is C19H29NO5. The number of hydrogen-bond donors (Lipinski definition) is 2. The van der Waals surface area contributed by atoms with Crippen LogP contribution < -0.4 is 14.8 Å². The van der Waals surface area contributed by atoms with E-state index in [1.807, 2.05) is 45.9 Å². The molecule has 0 aliphatic rings. The van der Waals surface area contributed by atoms with Gasteiger partial charge in [0.05, 0.1) is 18.6 Å². The first-order chi connectivity index (χ1) is 11.7. The van der Waals surface area contributed by atoms with Gasteiger partial charge in [0.25, 0.3) is 0 Å². The highest BCUT2D eigenvalue weighted by Crippen LogP contribution is 2.34. The van der Waals surface area contributed by atoms with E-state index in [0.717, 1.165) is 5.56 Å². The number of nitrogens with one attached hydrogen (secondary N) is 1. The molecule has 0 saturated carbocycles. The van der Waals surface area contributed by atoms with Crippen molar-refractivity contribution >= 4 is 11.9 Å². The molecule has 1 rings (SSSR count). The van der Waals surface area contributed by atoms with Gasteiger partial charge < -0.3 is 19.9 Å². The van der Waals surface area contributed by atoms with Crippen molar-refractivity contribution in [2.45, 2.75) is 58.9 Å². The van der Waals surface area contributed by atoms with Gasteiger partial charge in [-0.25, -0.2) is 0 Å². The van der Waals surface area contributed by atoms with E-state index in [1.165, 1.54) is 0 Å². The summed E-state index contributed by atoms with van der Waals surface area (Å²) in [6.07, 6.45) is 0.421. The second kappa shape index (κ2) is 9.30. The molecule has 0 heterocycles. The molecule has 0 fully saturated rings. The molecule has 1 amide bonds. The zero-order chi connectivity index (χ0) is 19.0. The fourth-order valence-corrected chi connectivity index (χ4v) is 2.39. The summed E-state index contributed by atoms with van der Waals surface area (Å²) in [6, 6.07) is 5.29. The Bertz CT molecular complexity index is 597. The lowest BCUT2D eigenvalue weighted by Crippen LogP contribution is -2.44. The largest absolute Gasteiger partial charge is 0.490 e. The van der Waals surface area contributed by atoms with Crippen molar-refractivity contribution in [1.29, 1.82) is 0 Å². The summed E-state index contributed by atoms with van der Waals surface area (Å²) in [5.41, 5.74) is 0.0241. The molecule has 0 aliphatic carbocycles. The third-order valence-corrected chi connectivity index (χ3v) is 4.00. The quantitative estimate of drug-likeness (QED) is 0.676. The molecule has 0 spiro atoms. The monoisotopic (exact) mass is 351 g/mol. The molecule has 0 aromatic heterocycles. The predicted molar refractivity (Wildman–Crippen MR) is 96.3 cm³/mol. The lowest BCUT2D eigenvalue weighted by atomic mass is 9.83. The van der Waals surface area contributed by atoms with Gasteiger partial charge in [-0.1, -0.05) is 6.07 Å². The fraction of sp³-hybridized carbons (Fsp3) is 0.579. The summed E-state index contributed by atoms with van der Waals surface area (Å²) in [7, 11) is 0. The number of carboxylic acids is 1. The molecule has 0 radical (unpaired) electrons. The molecule has 140 valence electrons. The Hall–Kier alpha value is -2.24. The van der Waals surface area contributed by atoms with Crippen LogP contribution in [-0.2, 0) is 15.0 Å². The summed E-state index contributed by atoms with van der Waals surface area (Å²) >= 11 is 0. The van der Waals surface area contributed by atoms with Crippen molar-refractivity contribution in [3.05, 3.63) is 23.8 Å². The van der Waals surface area contributed by atoms with Crippen molar-refractivity contribution in [2.24, 2.45) is 0 Å². The normalized spacial score (nSPS) is 12.4. The molecule has 1 unspecified atom stereocenters. The third-order valence-electron chi connectivity index (χ3n) is 4.00. The van der Waals surface area contributed by atoms with E-state index in [0.29, 0.717) is 31.1 Å². The van der Waals surface area contributed by atoms with E-state index in [9.17, 15) is 9.59 Å². The zero-order valence-corrected chi connectivity index (χ0v) is 15.7. The number of ether oxygens (including phenoxy) is 2. The number of aliphatic carboxylic acids is 1. The average molecular weight is 351 g/mol. The Labute approximate surface area is 149 Å². The lowest BCUT2D eigenvalue weighted by molar-refractivity contribution is -0.137. The highest BCUT2D eigenvalue weighted by molar-refractivity contribution is 5.87. The standard InChI is InChI=1S/C19H29NO5/c1-6-24-15-10-9-14(12-16(15)25-7-2)19(4,5)18(23)20-13(3)8-11-17(21)22/h9-10,12-13H,6-8,11H2,1-5H3,(H,20,23)(H,21,22). The van der Waals surface area contributed by atoms with Crippen LogP contribution >= 0.6 is 0 Å². The zero-order valence-electron chi connectivity index (χ0n) is 15.7. The van der Waals surface area contributed by atoms with Gasteiger partial charge >= 0.3 is 5.97 Å². The maximum Gasteiger partial charge on any atom is 0.303 e. The molecule has 1 atom stereocenters. The number of benzene rings is 1. The highest BCUT2D eigenvalue weighted by atomic mass is 16.5. The molecule has 25 heavy (non-hydrogen) atoms. The van der Waals surface area contributed by atoms with Crippen LogP contribution in [0.5, 0.6) is 11.5 Å². The summed E-state index contributed by atoms with van der Waals surface area (Å²) in [6.45, 7) is 10.3. The second-order valence-corrected chi connectivity index (χ2v) is 6.46. The van der Waals surface area contributed by atoms with E-state index in [1.54, 1.807) is 6.92 Å². The van der Waals surface area contributed by atoms with Gasteiger partial charge in [-0.15, -0.1) is 0 Å². The van der Waals surface area contributed by atoms with Crippen LogP contribution in [0, 0.1) is 0 Å². The van der Waals surface area contributed by atoms with Gasteiger partial charge in [0, 0.05) is 12.5 Å². The summed E-state index contributed by atoms with van der Waals surface area (Å²) < 4.78 is 11.2. The van der Waals surface area contributed by atoms with Crippen molar-refractivity contribution in [1.82, 2.24) is 5.32 Å². The number of carbonyl (C=O) groups excluding carboxylic acids is 1. The fourth-order valence-electron chi connectivity index (χ4n) is 2.39. The van der Waals surface area contributed by atoms with Gasteiger partial charge in [0.15, 0.2) is 11.5 Å². The number of carboxylic acid groups (broad SMARTS) is 1. The SMILES string of the molecule is CCOc1ccc(C(C)(C)C(=O)NC(C)CCC(=O)O)cc1OCC. The molecule has 0 aliphatic heterocycles. The molecule has 6 heteroatoms. The third kappa shape index (κ3) is 5.96. The van der Waals surface area contributed by atoms with E-state index in [4.69, 9.17) is 14.6 Å². The molecule has 0 bridgehead atoms. The van der Waals surface area contributed by atoms with E-state index >= 15 is 0 Å².